The molecular formula is C11H17ClN2S. The minimum atomic E-state index is 0.271. The minimum Gasteiger partial charge on any atom is -0.310 e. The summed E-state index contributed by atoms with van der Waals surface area (Å²) < 4.78 is 0. The van der Waals surface area contributed by atoms with Crippen LogP contribution in [0.25, 0.3) is 0 Å². The lowest BCUT2D eigenvalue weighted by molar-refractivity contribution is 0.571. The van der Waals surface area contributed by atoms with Crippen molar-refractivity contribution in [2.24, 2.45) is 0 Å². The van der Waals surface area contributed by atoms with E-state index < -0.39 is 0 Å². The SMILES string of the molecule is CSCCCNC(C)c1cccnc1Cl. The third-order valence-corrected chi connectivity index (χ3v) is 3.24. The highest BCUT2D eigenvalue weighted by Gasteiger charge is 2.08. The Morgan fingerprint density at radius 1 is 1.60 bits per heavy atom. The Hall–Kier alpha value is -0.250. The smallest absolute Gasteiger partial charge is 0.133 e. The molecule has 0 bridgehead atoms. The largest absolute Gasteiger partial charge is 0.310 e. The molecule has 0 spiro atoms. The Labute approximate surface area is 101 Å². The zero-order chi connectivity index (χ0) is 11.1. The fraction of sp³-hybridized carbons (Fsp3) is 0.545. The van der Waals surface area contributed by atoms with Crippen LogP contribution in [-0.4, -0.2) is 23.5 Å². The van der Waals surface area contributed by atoms with E-state index in [1.807, 2.05) is 23.9 Å². The molecular weight excluding hydrogens is 228 g/mol. The number of aromatic nitrogens is 1. The molecule has 0 aliphatic heterocycles. The number of hydrogen-bond acceptors (Lipinski definition) is 3. The van der Waals surface area contributed by atoms with E-state index >= 15 is 0 Å². The van der Waals surface area contributed by atoms with Gasteiger partial charge < -0.3 is 5.32 Å². The van der Waals surface area contributed by atoms with E-state index in [9.17, 15) is 0 Å². The molecule has 1 atom stereocenters. The van der Waals surface area contributed by atoms with Crippen molar-refractivity contribution < 1.29 is 0 Å². The van der Waals surface area contributed by atoms with Gasteiger partial charge in [0.1, 0.15) is 5.15 Å². The van der Waals surface area contributed by atoms with Crippen molar-refractivity contribution in [2.45, 2.75) is 19.4 Å². The number of rotatable bonds is 6. The maximum atomic E-state index is 6.00. The van der Waals surface area contributed by atoms with Crippen LogP contribution in [0.4, 0.5) is 0 Å². The second-order valence-electron chi connectivity index (χ2n) is 3.41. The standard InChI is InChI=1S/C11H17ClN2S/c1-9(13-7-4-8-15-2)10-5-3-6-14-11(10)12/h3,5-6,9,13H,4,7-8H2,1-2H3. The Bertz CT molecular complexity index is 294. The molecule has 1 aromatic rings. The van der Waals surface area contributed by atoms with E-state index in [2.05, 4.69) is 23.5 Å². The number of thioether (sulfide) groups is 1. The molecule has 1 aromatic heterocycles. The van der Waals surface area contributed by atoms with Crippen LogP contribution in [0.1, 0.15) is 24.9 Å². The van der Waals surface area contributed by atoms with Crippen LogP contribution in [0, 0.1) is 0 Å². The maximum absolute atomic E-state index is 6.00. The average Bonchev–Trinajstić information content (AvgIpc) is 2.25. The summed E-state index contributed by atoms with van der Waals surface area (Å²) in [5.41, 5.74) is 1.07. The van der Waals surface area contributed by atoms with Crippen molar-refractivity contribution in [1.29, 1.82) is 0 Å². The van der Waals surface area contributed by atoms with E-state index in [-0.39, 0.29) is 6.04 Å². The predicted molar refractivity (Wildman–Crippen MR) is 68.7 cm³/mol. The molecule has 2 nitrogen and oxygen atoms in total. The van der Waals surface area contributed by atoms with Crippen LogP contribution in [0.5, 0.6) is 0 Å². The number of nitrogens with one attached hydrogen (secondary N) is 1. The van der Waals surface area contributed by atoms with Crippen LogP contribution in [0.2, 0.25) is 5.15 Å². The maximum Gasteiger partial charge on any atom is 0.133 e. The average molecular weight is 245 g/mol. The summed E-state index contributed by atoms with van der Waals surface area (Å²) in [6, 6.07) is 4.20. The predicted octanol–water partition coefficient (Wildman–Crippen LogP) is 3.14. The molecule has 1 heterocycles. The molecule has 0 aliphatic rings. The highest BCUT2D eigenvalue weighted by molar-refractivity contribution is 7.98. The highest BCUT2D eigenvalue weighted by atomic mass is 35.5. The molecule has 0 aliphatic carbocycles. The van der Waals surface area contributed by atoms with Crippen LogP contribution in [0.15, 0.2) is 18.3 Å². The zero-order valence-corrected chi connectivity index (χ0v) is 10.7. The van der Waals surface area contributed by atoms with E-state index in [0.29, 0.717) is 5.15 Å². The van der Waals surface area contributed by atoms with Gasteiger partial charge in [0.15, 0.2) is 0 Å². The highest BCUT2D eigenvalue weighted by Crippen LogP contribution is 2.19. The Morgan fingerprint density at radius 2 is 2.40 bits per heavy atom. The van der Waals surface area contributed by atoms with Gasteiger partial charge >= 0.3 is 0 Å². The second-order valence-corrected chi connectivity index (χ2v) is 4.75. The van der Waals surface area contributed by atoms with Crippen LogP contribution in [0.3, 0.4) is 0 Å². The number of hydrogen-bond donors (Lipinski definition) is 1. The fourth-order valence-electron chi connectivity index (χ4n) is 1.37. The third-order valence-electron chi connectivity index (χ3n) is 2.23. The molecule has 0 radical (unpaired) electrons. The van der Waals surface area contributed by atoms with Gasteiger partial charge in [0.2, 0.25) is 0 Å². The quantitative estimate of drug-likeness (QED) is 0.615. The molecule has 0 aromatic carbocycles. The summed E-state index contributed by atoms with van der Waals surface area (Å²) in [4.78, 5) is 4.07. The van der Waals surface area contributed by atoms with Gasteiger partial charge in [0, 0.05) is 17.8 Å². The van der Waals surface area contributed by atoms with Gasteiger partial charge in [-0.1, -0.05) is 17.7 Å². The Morgan fingerprint density at radius 3 is 3.07 bits per heavy atom. The lowest BCUT2D eigenvalue weighted by Crippen LogP contribution is -2.20. The summed E-state index contributed by atoms with van der Waals surface area (Å²) >= 11 is 7.88. The molecule has 1 unspecified atom stereocenters. The molecule has 15 heavy (non-hydrogen) atoms. The van der Waals surface area contributed by atoms with Gasteiger partial charge in [-0.05, 0) is 38.0 Å². The first-order valence-electron chi connectivity index (χ1n) is 5.08. The molecule has 0 saturated carbocycles. The van der Waals surface area contributed by atoms with Gasteiger partial charge in [0.05, 0.1) is 0 Å². The Balaban J connectivity index is 2.40. The molecule has 1 N–H and O–H groups in total. The van der Waals surface area contributed by atoms with Crippen molar-refractivity contribution in [3.8, 4) is 0 Å². The molecule has 1 rings (SSSR count). The van der Waals surface area contributed by atoms with E-state index in [1.54, 1.807) is 6.20 Å². The van der Waals surface area contributed by atoms with Crippen molar-refractivity contribution in [1.82, 2.24) is 10.3 Å². The summed E-state index contributed by atoms with van der Waals surface area (Å²) in [5, 5.41) is 4.04. The summed E-state index contributed by atoms with van der Waals surface area (Å²) in [6.07, 6.45) is 5.02. The first-order valence-corrected chi connectivity index (χ1v) is 6.85. The van der Waals surface area contributed by atoms with Gasteiger partial charge in [-0.2, -0.15) is 11.8 Å². The fourth-order valence-corrected chi connectivity index (χ4v) is 2.08. The van der Waals surface area contributed by atoms with E-state index in [0.717, 1.165) is 12.1 Å². The van der Waals surface area contributed by atoms with Crippen molar-refractivity contribution in [3.05, 3.63) is 29.0 Å². The van der Waals surface area contributed by atoms with Crippen LogP contribution >= 0.6 is 23.4 Å². The van der Waals surface area contributed by atoms with Crippen LogP contribution in [-0.2, 0) is 0 Å². The first-order chi connectivity index (χ1) is 7.25. The lowest BCUT2D eigenvalue weighted by Gasteiger charge is -2.14. The van der Waals surface area contributed by atoms with Crippen molar-refractivity contribution >= 4 is 23.4 Å². The van der Waals surface area contributed by atoms with E-state index in [1.165, 1.54) is 12.2 Å². The third kappa shape index (κ3) is 4.41. The molecule has 0 amide bonds. The Kier molecular flexibility index (Phi) is 6.06. The van der Waals surface area contributed by atoms with Gasteiger partial charge in [-0.15, -0.1) is 0 Å². The molecule has 0 saturated heterocycles. The van der Waals surface area contributed by atoms with Gasteiger partial charge in [-0.25, -0.2) is 4.98 Å². The van der Waals surface area contributed by atoms with Gasteiger partial charge in [-0.3, -0.25) is 0 Å². The second kappa shape index (κ2) is 7.09. The van der Waals surface area contributed by atoms with Crippen molar-refractivity contribution in [2.75, 3.05) is 18.6 Å². The number of nitrogens with zero attached hydrogens (tertiary/aromatic N) is 1. The molecule has 0 fully saturated rings. The summed E-state index contributed by atoms with van der Waals surface area (Å²) in [6.45, 7) is 3.13. The topological polar surface area (TPSA) is 24.9 Å². The molecule has 4 heteroatoms. The lowest BCUT2D eigenvalue weighted by atomic mass is 10.1. The summed E-state index contributed by atoms with van der Waals surface area (Å²) in [5.74, 6) is 1.19. The first kappa shape index (κ1) is 12.8. The number of pyridine rings is 1. The number of halogens is 1. The van der Waals surface area contributed by atoms with Gasteiger partial charge in [0.25, 0.3) is 0 Å². The van der Waals surface area contributed by atoms with E-state index in [4.69, 9.17) is 11.6 Å². The molecule has 84 valence electrons. The zero-order valence-electron chi connectivity index (χ0n) is 9.16. The summed E-state index contributed by atoms with van der Waals surface area (Å²) in [7, 11) is 0. The van der Waals surface area contributed by atoms with Crippen molar-refractivity contribution in [3.63, 3.8) is 0 Å². The van der Waals surface area contributed by atoms with Crippen LogP contribution < -0.4 is 5.32 Å². The minimum absolute atomic E-state index is 0.271. The normalized spacial score (nSPS) is 12.7. The monoisotopic (exact) mass is 244 g/mol.